The molecule has 0 saturated carbocycles. The van der Waals surface area contributed by atoms with Crippen LogP contribution in [-0.4, -0.2) is 18.4 Å². The van der Waals surface area contributed by atoms with Gasteiger partial charge < -0.3 is 4.74 Å². The number of nitrogens with one attached hydrogen (secondary N) is 1. The third-order valence-electron chi connectivity index (χ3n) is 3.44. The van der Waals surface area contributed by atoms with E-state index in [9.17, 15) is 9.59 Å². The van der Waals surface area contributed by atoms with Crippen molar-refractivity contribution in [3.8, 4) is 5.75 Å². The van der Waals surface area contributed by atoms with E-state index in [-0.39, 0.29) is 11.8 Å². The van der Waals surface area contributed by atoms with Gasteiger partial charge in [0.05, 0.1) is 11.1 Å². The molecule has 4 nitrogen and oxygen atoms in total. The van der Waals surface area contributed by atoms with Gasteiger partial charge in [0, 0.05) is 12.0 Å². The lowest BCUT2D eigenvalue weighted by Gasteiger charge is -2.13. The topological polar surface area (TPSA) is 55.4 Å². The maximum atomic E-state index is 11.6. The highest BCUT2D eigenvalue weighted by Gasteiger charge is 2.27. The second kappa shape index (κ2) is 5.79. The number of carbonyl (C=O) groups excluding carboxylic acids is 2. The van der Waals surface area contributed by atoms with Gasteiger partial charge in [0.15, 0.2) is 0 Å². The number of amides is 2. The molecule has 20 heavy (non-hydrogen) atoms. The number of carbonyl (C=O) groups is 2. The van der Waals surface area contributed by atoms with E-state index in [2.05, 4.69) is 27.3 Å². The Bertz CT molecular complexity index is 620. The first-order valence-corrected chi connectivity index (χ1v) is 7.15. The third kappa shape index (κ3) is 2.77. The number of hydrogen-bond donors (Lipinski definition) is 1. The molecule has 1 heterocycles. The molecule has 0 aliphatic carbocycles. The van der Waals surface area contributed by atoms with E-state index in [0.717, 1.165) is 16.9 Å². The van der Waals surface area contributed by atoms with Gasteiger partial charge in [-0.1, -0.05) is 12.1 Å². The van der Waals surface area contributed by atoms with Gasteiger partial charge in [-0.2, -0.15) is 0 Å². The number of benzene rings is 1. The minimum Gasteiger partial charge on any atom is -0.493 e. The maximum absolute atomic E-state index is 11.6. The summed E-state index contributed by atoms with van der Waals surface area (Å²) in [5.41, 5.74) is 3.77. The van der Waals surface area contributed by atoms with Crippen LogP contribution in [0.15, 0.2) is 22.2 Å². The zero-order valence-corrected chi connectivity index (χ0v) is 13.3. The van der Waals surface area contributed by atoms with Crippen LogP contribution in [0.1, 0.15) is 23.1 Å². The average Bonchev–Trinajstić information content (AvgIpc) is 2.64. The lowest BCUT2D eigenvalue weighted by atomic mass is 10.1. The molecule has 5 heteroatoms. The fourth-order valence-electron chi connectivity index (χ4n) is 2.10. The van der Waals surface area contributed by atoms with Crippen molar-refractivity contribution in [1.29, 1.82) is 0 Å². The molecule has 0 atom stereocenters. The van der Waals surface area contributed by atoms with Gasteiger partial charge >= 0.3 is 0 Å². The smallest absolute Gasteiger partial charge is 0.265 e. The van der Waals surface area contributed by atoms with Gasteiger partial charge in [0.2, 0.25) is 0 Å². The van der Waals surface area contributed by atoms with Crippen molar-refractivity contribution in [3.63, 3.8) is 0 Å². The SMILES string of the molecule is Cc1ccc(C)c(OCCC2=C(Br)C(=O)NC2=O)c1C. The quantitative estimate of drug-likeness (QED) is 0.859. The van der Waals surface area contributed by atoms with Crippen molar-refractivity contribution in [2.45, 2.75) is 27.2 Å². The standard InChI is InChI=1S/C15H16BrNO3/c1-8-4-5-9(2)13(10(8)3)20-7-6-11-12(16)15(19)17-14(11)18/h4-5H,6-7H2,1-3H3,(H,17,18,19). The summed E-state index contributed by atoms with van der Waals surface area (Å²) in [7, 11) is 0. The Labute approximate surface area is 126 Å². The number of halogens is 1. The Morgan fingerprint density at radius 2 is 1.75 bits per heavy atom. The molecule has 1 aliphatic rings. The normalized spacial score (nSPS) is 14.8. The number of ether oxygens (including phenoxy) is 1. The number of rotatable bonds is 4. The van der Waals surface area contributed by atoms with Crippen LogP contribution in [-0.2, 0) is 9.59 Å². The van der Waals surface area contributed by atoms with Gasteiger partial charge in [-0.15, -0.1) is 0 Å². The molecule has 0 radical (unpaired) electrons. The van der Waals surface area contributed by atoms with Gasteiger partial charge in [-0.25, -0.2) is 0 Å². The summed E-state index contributed by atoms with van der Waals surface area (Å²) >= 11 is 3.13. The molecule has 0 spiro atoms. The number of imide groups is 1. The van der Waals surface area contributed by atoms with Gasteiger partial charge in [0.1, 0.15) is 5.75 Å². The van der Waals surface area contributed by atoms with Crippen molar-refractivity contribution < 1.29 is 14.3 Å². The van der Waals surface area contributed by atoms with Crippen molar-refractivity contribution >= 4 is 27.7 Å². The molecule has 1 N–H and O–H groups in total. The van der Waals surface area contributed by atoms with Crippen LogP contribution in [0.4, 0.5) is 0 Å². The van der Waals surface area contributed by atoms with E-state index in [4.69, 9.17) is 4.74 Å². The molecule has 1 aromatic rings. The van der Waals surface area contributed by atoms with Crippen LogP contribution in [0, 0.1) is 20.8 Å². The van der Waals surface area contributed by atoms with E-state index in [0.29, 0.717) is 23.1 Å². The van der Waals surface area contributed by atoms with Crippen molar-refractivity contribution in [1.82, 2.24) is 5.32 Å². The van der Waals surface area contributed by atoms with E-state index in [1.165, 1.54) is 5.56 Å². The lowest BCUT2D eigenvalue weighted by Crippen LogP contribution is -2.23. The highest BCUT2D eigenvalue weighted by molar-refractivity contribution is 9.12. The summed E-state index contributed by atoms with van der Waals surface area (Å²) < 4.78 is 6.10. The minimum atomic E-state index is -0.382. The second-order valence-corrected chi connectivity index (χ2v) is 5.62. The monoisotopic (exact) mass is 337 g/mol. The Morgan fingerprint density at radius 3 is 2.35 bits per heavy atom. The van der Waals surface area contributed by atoms with Crippen LogP contribution in [0.5, 0.6) is 5.75 Å². The summed E-state index contributed by atoms with van der Waals surface area (Å²) in [5, 5.41) is 2.24. The van der Waals surface area contributed by atoms with E-state index >= 15 is 0 Å². The van der Waals surface area contributed by atoms with E-state index in [1.54, 1.807) is 0 Å². The lowest BCUT2D eigenvalue weighted by molar-refractivity contribution is -0.124. The van der Waals surface area contributed by atoms with Crippen LogP contribution < -0.4 is 10.1 Å². The molecule has 106 valence electrons. The molecule has 1 aromatic carbocycles. The zero-order valence-electron chi connectivity index (χ0n) is 11.7. The van der Waals surface area contributed by atoms with Gasteiger partial charge in [0.25, 0.3) is 11.8 Å². The predicted octanol–water partition coefficient (Wildman–Crippen LogP) is 2.69. The molecule has 0 fully saturated rings. The molecular weight excluding hydrogens is 322 g/mol. The van der Waals surface area contributed by atoms with Crippen molar-refractivity contribution in [2.24, 2.45) is 0 Å². The first-order chi connectivity index (χ1) is 9.41. The van der Waals surface area contributed by atoms with Crippen LogP contribution in [0.2, 0.25) is 0 Å². The Morgan fingerprint density at radius 1 is 1.10 bits per heavy atom. The fraction of sp³-hybridized carbons (Fsp3) is 0.333. The minimum absolute atomic E-state index is 0.309. The Hall–Kier alpha value is -1.62. The van der Waals surface area contributed by atoms with Crippen LogP contribution in [0.25, 0.3) is 0 Å². The summed E-state index contributed by atoms with van der Waals surface area (Å²) in [5.74, 6) is 0.127. The molecule has 0 bridgehead atoms. The van der Waals surface area contributed by atoms with E-state index < -0.39 is 0 Å². The molecule has 0 unspecified atom stereocenters. The average molecular weight is 338 g/mol. The number of aryl methyl sites for hydroxylation is 2. The molecule has 0 saturated heterocycles. The van der Waals surface area contributed by atoms with Gasteiger partial charge in [-0.3, -0.25) is 14.9 Å². The summed E-state index contributed by atoms with van der Waals surface area (Å²) in [6, 6.07) is 4.07. The summed E-state index contributed by atoms with van der Waals surface area (Å²) in [6.45, 7) is 6.39. The number of hydrogen-bond acceptors (Lipinski definition) is 3. The summed E-state index contributed by atoms with van der Waals surface area (Å²) in [6.07, 6.45) is 0.394. The van der Waals surface area contributed by atoms with Crippen molar-refractivity contribution in [2.75, 3.05) is 6.61 Å². The highest BCUT2D eigenvalue weighted by atomic mass is 79.9. The highest BCUT2D eigenvalue weighted by Crippen LogP contribution is 2.27. The van der Waals surface area contributed by atoms with Crippen LogP contribution in [0.3, 0.4) is 0 Å². The Balaban J connectivity index is 2.06. The predicted molar refractivity (Wildman–Crippen MR) is 79.9 cm³/mol. The summed E-state index contributed by atoms with van der Waals surface area (Å²) in [4.78, 5) is 22.9. The molecule has 2 rings (SSSR count). The Kier molecular flexibility index (Phi) is 4.28. The van der Waals surface area contributed by atoms with Crippen molar-refractivity contribution in [3.05, 3.63) is 38.9 Å². The fourth-order valence-corrected chi connectivity index (χ4v) is 2.57. The second-order valence-electron chi connectivity index (χ2n) is 4.83. The first-order valence-electron chi connectivity index (χ1n) is 6.35. The largest absolute Gasteiger partial charge is 0.493 e. The molecule has 1 aliphatic heterocycles. The van der Waals surface area contributed by atoms with E-state index in [1.807, 2.05) is 26.8 Å². The zero-order chi connectivity index (χ0) is 14.9. The molecule has 0 aromatic heterocycles. The first kappa shape index (κ1) is 14.8. The van der Waals surface area contributed by atoms with Crippen LogP contribution >= 0.6 is 15.9 Å². The molecular formula is C15H16BrNO3. The molecule has 2 amide bonds. The van der Waals surface area contributed by atoms with Gasteiger partial charge in [-0.05, 0) is 53.4 Å². The maximum Gasteiger partial charge on any atom is 0.265 e. The third-order valence-corrected chi connectivity index (χ3v) is 4.28.